The lowest BCUT2D eigenvalue weighted by molar-refractivity contribution is -0.126. The lowest BCUT2D eigenvalue weighted by atomic mass is 10.0. The van der Waals surface area contributed by atoms with E-state index in [9.17, 15) is 9.59 Å². The number of hydrogen-bond donors (Lipinski definition) is 1. The molecule has 27 heavy (non-hydrogen) atoms. The number of aryl methyl sites for hydroxylation is 1. The molecule has 1 aliphatic heterocycles. The smallest absolute Gasteiger partial charge is 0.254 e. The maximum Gasteiger partial charge on any atom is 0.254 e. The monoisotopic (exact) mass is 404 g/mol. The third-order valence-electron chi connectivity index (χ3n) is 4.72. The second-order valence-corrected chi connectivity index (χ2v) is 7.63. The topological polar surface area (TPSA) is 49.4 Å². The Kier molecular flexibility index (Phi) is 6.08. The van der Waals surface area contributed by atoms with Gasteiger partial charge >= 0.3 is 0 Å². The number of nitrogens with one attached hydrogen (secondary N) is 1. The Morgan fingerprint density at radius 3 is 2.63 bits per heavy atom. The average molecular weight is 405 g/mol. The van der Waals surface area contributed by atoms with Crippen molar-refractivity contribution in [3.63, 3.8) is 0 Å². The number of unbranched alkanes of at least 4 members (excludes halogenated alkanes) is 1. The first-order valence-corrected chi connectivity index (χ1v) is 9.81. The first-order chi connectivity index (χ1) is 12.9. The molecule has 2 amide bonds. The van der Waals surface area contributed by atoms with Crippen LogP contribution in [0.15, 0.2) is 36.4 Å². The number of carbonyl (C=O) groups is 2. The van der Waals surface area contributed by atoms with Gasteiger partial charge in [-0.3, -0.25) is 9.59 Å². The highest BCUT2D eigenvalue weighted by molar-refractivity contribution is 6.35. The molecule has 0 fully saturated rings. The molecule has 1 aliphatic rings. The molecule has 1 N–H and O–H groups in total. The van der Waals surface area contributed by atoms with Gasteiger partial charge in [0.15, 0.2) is 0 Å². The first kappa shape index (κ1) is 19.7. The Balaban J connectivity index is 1.96. The first-order valence-electron chi connectivity index (χ1n) is 9.06. The van der Waals surface area contributed by atoms with Gasteiger partial charge in [0.25, 0.3) is 5.91 Å². The Hall–Kier alpha value is -2.04. The summed E-state index contributed by atoms with van der Waals surface area (Å²) >= 11 is 12.3. The lowest BCUT2D eigenvalue weighted by Crippen LogP contribution is -2.36. The molecular weight excluding hydrogens is 383 g/mol. The van der Waals surface area contributed by atoms with Crippen molar-refractivity contribution in [2.75, 3.05) is 4.90 Å². The number of carbonyl (C=O) groups excluding carboxylic acids is 2. The zero-order valence-corrected chi connectivity index (χ0v) is 16.9. The van der Waals surface area contributed by atoms with E-state index in [-0.39, 0.29) is 11.8 Å². The molecule has 0 bridgehead atoms. The van der Waals surface area contributed by atoms with Crippen LogP contribution < -0.4 is 10.2 Å². The predicted molar refractivity (Wildman–Crippen MR) is 109 cm³/mol. The Labute approximate surface area is 169 Å². The van der Waals surface area contributed by atoms with Crippen LogP contribution in [-0.2, 0) is 22.6 Å². The second kappa shape index (κ2) is 8.32. The molecule has 2 aromatic rings. The molecule has 142 valence electrons. The quantitative estimate of drug-likeness (QED) is 0.731. The number of anilines is 1. The van der Waals surface area contributed by atoms with Crippen LogP contribution in [0.1, 0.15) is 49.4 Å². The molecular formula is C21H22Cl2N2O2. The molecule has 0 radical (unpaired) electrons. The number of nitrogens with zero attached hydrogens (tertiary/aromatic N) is 1. The molecule has 3 rings (SSSR count). The van der Waals surface area contributed by atoms with Gasteiger partial charge in [0, 0.05) is 28.2 Å². The normalized spacial score (nSPS) is 15.8. The lowest BCUT2D eigenvalue weighted by Gasteiger charge is -2.19. The molecule has 4 nitrogen and oxygen atoms in total. The Bertz CT molecular complexity index is 882. The van der Waals surface area contributed by atoms with Crippen LogP contribution in [0.5, 0.6) is 0 Å². The van der Waals surface area contributed by atoms with Crippen LogP contribution in [0.25, 0.3) is 0 Å². The third-order valence-corrected chi connectivity index (χ3v) is 5.30. The summed E-state index contributed by atoms with van der Waals surface area (Å²) in [5.74, 6) is -0.386. The highest BCUT2D eigenvalue weighted by Crippen LogP contribution is 2.38. The van der Waals surface area contributed by atoms with Crippen molar-refractivity contribution in [2.45, 2.75) is 45.7 Å². The van der Waals surface area contributed by atoms with Crippen molar-refractivity contribution in [3.8, 4) is 0 Å². The summed E-state index contributed by atoms with van der Waals surface area (Å²) < 4.78 is 0. The molecule has 6 heteroatoms. The van der Waals surface area contributed by atoms with Gasteiger partial charge in [-0.2, -0.15) is 0 Å². The fourth-order valence-corrected chi connectivity index (χ4v) is 3.82. The predicted octanol–water partition coefficient (Wildman–Crippen LogP) is 5.06. The van der Waals surface area contributed by atoms with E-state index in [1.165, 1.54) is 12.5 Å². The number of fused-ring (bicyclic) bond motifs is 1. The van der Waals surface area contributed by atoms with Gasteiger partial charge in [-0.05, 0) is 42.2 Å². The Morgan fingerprint density at radius 1 is 1.19 bits per heavy atom. The largest absolute Gasteiger partial charge is 0.341 e. The van der Waals surface area contributed by atoms with E-state index in [4.69, 9.17) is 23.2 Å². The van der Waals surface area contributed by atoms with Gasteiger partial charge in [0.05, 0.1) is 6.54 Å². The minimum atomic E-state index is -0.662. The molecule has 0 saturated carbocycles. The van der Waals surface area contributed by atoms with Crippen molar-refractivity contribution < 1.29 is 9.59 Å². The molecule has 1 unspecified atom stereocenters. The summed E-state index contributed by atoms with van der Waals surface area (Å²) in [6.45, 7) is 3.90. The maximum absolute atomic E-state index is 13.0. The second-order valence-electron chi connectivity index (χ2n) is 6.79. The fourth-order valence-electron chi connectivity index (χ4n) is 3.35. The summed E-state index contributed by atoms with van der Waals surface area (Å²) in [5.41, 5.74) is 3.63. The minimum Gasteiger partial charge on any atom is -0.341 e. The van der Waals surface area contributed by atoms with Crippen molar-refractivity contribution in [3.05, 3.63) is 63.1 Å². The van der Waals surface area contributed by atoms with Crippen LogP contribution >= 0.6 is 23.2 Å². The maximum atomic E-state index is 13.0. The van der Waals surface area contributed by atoms with E-state index >= 15 is 0 Å². The third kappa shape index (κ3) is 4.28. The molecule has 0 aliphatic carbocycles. The molecule has 0 saturated heterocycles. The number of halogens is 2. The molecule has 2 aromatic carbocycles. The van der Waals surface area contributed by atoms with Crippen LogP contribution in [-0.4, -0.2) is 11.8 Å². The Morgan fingerprint density at radius 2 is 1.96 bits per heavy atom. The number of hydrogen-bond acceptors (Lipinski definition) is 2. The zero-order valence-electron chi connectivity index (χ0n) is 15.4. The highest BCUT2D eigenvalue weighted by Gasteiger charge is 2.38. The zero-order chi connectivity index (χ0) is 19.6. The van der Waals surface area contributed by atoms with Crippen molar-refractivity contribution in [2.24, 2.45) is 0 Å². The summed E-state index contributed by atoms with van der Waals surface area (Å²) in [4.78, 5) is 26.4. The summed E-state index contributed by atoms with van der Waals surface area (Å²) in [5, 5.41) is 3.85. The van der Waals surface area contributed by atoms with Crippen LogP contribution in [0.2, 0.25) is 10.0 Å². The standard InChI is InChI=1S/C21H22Cl2N2O2/c1-3-4-5-14-6-9-19-17(10-14)20(24-13(2)26)21(27)25(19)12-15-7-8-16(22)11-18(15)23/h6-11,20H,3-5,12H2,1-2H3,(H,24,26). The highest BCUT2D eigenvalue weighted by atomic mass is 35.5. The van der Waals surface area contributed by atoms with Gasteiger partial charge < -0.3 is 10.2 Å². The molecule has 0 spiro atoms. The van der Waals surface area contributed by atoms with Gasteiger partial charge in [0.2, 0.25) is 5.91 Å². The van der Waals surface area contributed by atoms with Crippen molar-refractivity contribution in [1.82, 2.24) is 5.32 Å². The van der Waals surface area contributed by atoms with Gasteiger partial charge in [0.1, 0.15) is 6.04 Å². The summed E-state index contributed by atoms with van der Waals surface area (Å²) in [6.07, 6.45) is 3.14. The molecule has 0 aromatic heterocycles. The fraction of sp³-hybridized carbons (Fsp3) is 0.333. The SMILES string of the molecule is CCCCc1ccc2c(c1)C(NC(C)=O)C(=O)N2Cc1ccc(Cl)cc1Cl. The van der Waals surface area contributed by atoms with E-state index in [0.29, 0.717) is 16.6 Å². The summed E-state index contributed by atoms with van der Waals surface area (Å²) in [6, 6.07) is 10.6. The van der Waals surface area contributed by atoms with Gasteiger partial charge in [-0.1, -0.05) is 54.7 Å². The van der Waals surface area contributed by atoms with Crippen molar-refractivity contribution in [1.29, 1.82) is 0 Å². The number of amides is 2. The van der Waals surface area contributed by atoms with E-state index in [0.717, 1.165) is 36.1 Å². The minimum absolute atomic E-state index is 0.154. The average Bonchev–Trinajstić information content (AvgIpc) is 2.87. The molecule has 1 heterocycles. The summed E-state index contributed by atoms with van der Waals surface area (Å²) in [7, 11) is 0. The van der Waals surface area contributed by atoms with Crippen LogP contribution in [0.3, 0.4) is 0 Å². The number of benzene rings is 2. The number of rotatable bonds is 6. The van der Waals surface area contributed by atoms with Crippen LogP contribution in [0, 0.1) is 0 Å². The van der Waals surface area contributed by atoms with Gasteiger partial charge in [-0.25, -0.2) is 0 Å². The van der Waals surface area contributed by atoms with E-state index < -0.39 is 6.04 Å². The van der Waals surface area contributed by atoms with E-state index in [2.05, 4.69) is 12.2 Å². The molecule has 1 atom stereocenters. The van der Waals surface area contributed by atoms with E-state index in [1.807, 2.05) is 24.3 Å². The van der Waals surface area contributed by atoms with Gasteiger partial charge in [-0.15, -0.1) is 0 Å². The van der Waals surface area contributed by atoms with E-state index in [1.54, 1.807) is 17.0 Å². The van der Waals surface area contributed by atoms with Crippen LogP contribution in [0.4, 0.5) is 5.69 Å². The van der Waals surface area contributed by atoms with Crippen molar-refractivity contribution >= 4 is 40.7 Å².